The van der Waals surface area contributed by atoms with Gasteiger partial charge in [-0.1, -0.05) is 0 Å². The average molecular weight is 527 g/mol. The Morgan fingerprint density at radius 2 is 2.00 bits per heavy atom. The lowest BCUT2D eigenvalue weighted by Crippen LogP contribution is -2.45. The summed E-state index contributed by atoms with van der Waals surface area (Å²) < 4.78 is 53.7. The normalized spacial score (nSPS) is 16.9. The quantitative estimate of drug-likeness (QED) is 0.349. The SMILES string of the molecule is C[C@H](CN(C)C)Oc1cc(N2CCOC(C(F)F)C2)cc2ncnc(Nc3ccc4ncccc4c3F)c12. The summed E-state index contributed by atoms with van der Waals surface area (Å²) in [6.07, 6.45) is -0.980. The Labute approximate surface area is 218 Å². The van der Waals surface area contributed by atoms with E-state index in [4.69, 9.17) is 9.47 Å². The van der Waals surface area contributed by atoms with Crippen molar-refractivity contribution < 1.29 is 22.6 Å². The van der Waals surface area contributed by atoms with Crippen molar-refractivity contribution in [3.63, 3.8) is 0 Å². The number of rotatable bonds is 8. The first-order valence-electron chi connectivity index (χ1n) is 12.3. The zero-order chi connectivity index (χ0) is 26.8. The topological polar surface area (TPSA) is 75.6 Å². The summed E-state index contributed by atoms with van der Waals surface area (Å²) in [6, 6.07) is 10.3. The Morgan fingerprint density at radius 3 is 2.79 bits per heavy atom. The van der Waals surface area contributed by atoms with E-state index in [-0.39, 0.29) is 24.9 Å². The van der Waals surface area contributed by atoms with E-state index >= 15 is 4.39 Å². The third-order valence-corrected chi connectivity index (χ3v) is 6.35. The van der Waals surface area contributed by atoms with Crippen molar-refractivity contribution in [2.24, 2.45) is 0 Å². The smallest absolute Gasteiger partial charge is 0.266 e. The molecule has 0 aliphatic carbocycles. The molecule has 5 rings (SSSR count). The molecule has 200 valence electrons. The van der Waals surface area contributed by atoms with Gasteiger partial charge in [-0.3, -0.25) is 4.98 Å². The number of anilines is 3. The number of fused-ring (bicyclic) bond motifs is 2. The molecular weight excluding hydrogens is 497 g/mol. The van der Waals surface area contributed by atoms with Crippen LogP contribution in [0.2, 0.25) is 0 Å². The maximum atomic E-state index is 15.4. The number of ether oxygens (including phenoxy) is 2. The molecule has 2 atom stereocenters. The van der Waals surface area contributed by atoms with Crippen molar-refractivity contribution in [1.29, 1.82) is 0 Å². The van der Waals surface area contributed by atoms with Gasteiger partial charge in [-0.25, -0.2) is 23.1 Å². The van der Waals surface area contributed by atoms with Gasteiger partial charge in [0, 0.05) is 43.0 Å². The predicted molar refractivity (Wildman–Crippen MR) is 141 cm³/mol. The highest BCUT2D eigenvalue weighted by Crippen LogP contribution is 2.38. The molecule has 1 fully saturated rings. The lowest BCUT2D eigenvalue weighted by molar-refractivity contribution is -0.0614. The molecule has 1 aliphatic rings. The minimum absolute atomic E-state index is 0.0440. The van der Waals surface area contributed by atoms with Crippen LogP contribution in [-0.2, 0) is 4.74 Å². The van der Waals surface area contributed by atoms with E-state index in [1.165, 1.54) is 6.33 Å². The highest BCUT2D eigenvalue weighted by Gasteiger charge is 2.29. The first-order chi connectivity index (χ1) is 18.3. The Morgan fingerprint density at radius 1 is 1.16 bits per heavy atom. The number of alkyl halides is 2. The van der Waals surface area contributed by atoms with Crippen LogP contribution in [-0.4, -0.2) is 78.8 Å². The Balaban J connectivity index is 1.58. The Kier molecular flexibility index (Phi) is 7.48. The van der Waals surface area contributed by atoms with Crippen LogP contribution in [0.15, 0.2) is 48.9 Å². The number of halogens is 3. The maximum Gasteiger partial charge on any atom is 0.266 e. The van der Waals surface area contributed by atoms with Crippen molar-refractivity contribution in [2.75, 3.05) is 50.6 Å². The van der Waals surface area contributed by atoms with Crippen LogP contribution < -0.4 is 15.0 Å². The molecule has 0 spiro atoms. The van der Waals surface area contributed by atoms with E-state index < -0.39 is 18.3 Å². The van der Waals surface area contributed by atoms with Crippen molar-refractivity contribution in [2.45, 2.75) is 25.6 Å². The molecule has 4 aromatic rings. The van der Waals surface area contributed by atoms with Crippen LogP contribution in [0.3, 0.4) is 0 Å². The molecule has 0 bridgehead atoms. The third-order valence-electron chi connectivity index (χ3n) is 6.35. The fourth-order valence-corrected chi connectivity index (χ4v) is 4.68. The summed E-state index contributed by atoms with van der Waals surface area (Å²) in [4.78, 5) is 16.9. The number of hydrogen-bond donors (Lipinski definition) is 1. The Hall–Kier alpha value is -3.70. The molecule has 1 N–H and O–H groups in total. The number of aromatic nitrogens is 3. The van der Waals surface area contributed by atoms with Gasteiger partial charge in [0.25, 0.3) is 6.43 Å². The molecule has 0 amide bonds. The van der Waals surface area contributed by atoms with Gasteiger partial charge >= 0.3 is 0 Å². The summed E-state index contributed by atoms with van der Waals surface area (Å²) >= 11 is 0. The summed E-state index contributed by atoms with van der Waals surface area (Å²) in [5.41, 5.74) is 2.00. The molecule has 2 aromatic carbocycles. The molecule has 1 aliphatic heterocycles. The summed E-state index contributed by atoms with van der Waals surface area (Å²) in [5, 5.41) is 4.05. The van der Waals surface area contributed by atoms with Gasteiger partial charge in [0.15, 0.2) is 5.82 Å². The second-order valence-corrected chi connectivity index (χ2v) is 9.56. The van der Waals surface area contributed by atoms with Gasteiger partial charge < -0.3 is 24.6 Å². The van der Waals surface area contributed by atoms with E-state index in [2.05, 4.69) is 20.3 Å². The lowest BCUT2D eigenvalue weighted by atomic mass is 10.1. The summed E-state index contributed by atoms with van der Waals surface area (Å²) in [7, 11) is 3.89. The molecule has 0 saturated carbocycles. The van der Waals surface area contributed by atoms with Crippen molar-refractivity contribution in [1.82, 2.24) is 19.9 Å². The molecule has 38 heavy (non-hydrogen) atoms. The third kappa shape index (κ3) is 5.44. The lowest BCUT2D eigenvalue weighted by Gasteiger charge is -2.34. The standard InChI is InChI=1S/C27H29F3N6O2/c1-16(13-35(2)3)38-22-12-17(36-9-10-37-23(14-36)26(29)30)11-21-24(22)27(33-15-32-21)34-20-7-6-19-18(25(20)28)5-4-8-31-19/h4-8,11-12,15-16,23,26H,9-10,13-14H2,1-3H3,(H,32,33,34)/t16-,23?/m1/s1. The van der Waals surface area contributed by atoms with E-state index in [1.807, 2.05) is 30.8 Å². The van der Waals surface area contributed by atoms with E-state index in [9.17, 15) is 8.78 Å². The van der Waals surface area contributed by atoms with Crippen LogP contribution in [0.25, 0.3) is 21.8 Å². The molecule has 0 radical (unpaired) electrons. The van der Waals surface area contributed by atoms with Gasteiger partial charge in [-0.2, -0.15) is 0 Å². The van der Waals surface area contributed by atoms with Crippen molar-refractivity contribution >= 4 is 39.0 Å². The van der Waals surface area contributed by atoms with E-state index in [0.29, 0.717) is 52.2 Å². The minimum atomic E-state index is -2.58. The molecular formula is C27H29F3N6O2. The van der Waals surface area contributed by atoms with Crippen molar-refractivity contribution in [3.05, 3.63) is 54.7 Å². The second-order valence-electron chi connectivity index (χ2n) is 9.56. The highest BCUT2D eigenvalue weighted by atomic mass is 19.3. The van der Waals surface area contributed by atoms with Gasteiger partial charge in [-0.05, 0) is 51.4 Å². The summed E-state index contributed by atoms with van der Waals surface area (Å²) in [5.74, 6) is 0.384. The van der Waals surface area contributed by atoms with Crippen LogP contribution in [0.1, 0.15) is 6.92 Å². The highest BCUT2D eigenvalue weighted by molar-refractivity contribution is 5.98. The predicted octanol–water partition coefficient (Wildman–Crippen LogP) is 4.86. The zero-order valence-corrected chi connectivity index (χ0v) is 21.4. The van der Waals surface area contributed by atoms with Crippen LogP contribution in [0.4, 0.5) is 30.4 Å². The first kappa shape index (κ1) is 25.9. The first-order valence-corrected chi connectivity index (χ1v) is 12.3. The zero-order valence-electron chi connectivity index (χ0n) is 21.4. The molecule has 1 unspecified atom stereocenters. The number of morpholine rings is 1. The monoisotopic (exact) mass is 526 g/mol. The number of benzene rings is 2. The Bertz CT molecular complexity index is 1440. The van der Waals surface area contributed by atoms with Gasteiger partial charge in [0.05, 0.1) is 28.7 Å². The largest absolute Gasteiger partial charge is 0.488 e. The molecule has 2 aromatic heterocycles. The van der Waals surface area contributed by atoms with Crippen LogP contribution in [0, 0.1) is 5.82 Å². The van der Waals surface area contributed by atoms with Crippen LogP contribution >= 0.6 is 0 Å². The van der Waals surface area contributed by atoms with E-state index in [1.54, 1.807) is 42.6 Å². The fourth-order valence-electron chi connectivity index (χ4n) is 4.68. The van der Waals surface area contributed by atoms with Crippen molar-refractivity contribution in [3.8, 4) is 5.75 Å². The fraction of sp³-hybridized carbons (Fsp3) is 0.370. The average Bonchev–Trinajstić information content (AvgIpc) is 2.90. The number of nitrogens with one attached hydrogen (secondary N) is 1. The number of hydrogen-bond acceptors (Lipinski definition) is 8. The number of pyridine rings is 1. The second kappa shape index (κ2) is 11.0. The number of nitrogens with zero attached hydrogens (tertiary/aromatic N) is 5. The van der Waals surface area contributed by atoms with Gasteiger partial charge in [-0.15, -0.1) is 0 Å². The molecule has 1 saturated heterocycles. The van der Waals surface area contributed by atoms with Crippen LogP contribution in [0.5, 0.6) is 5.75 Å². The van der Waals surface area contributed by atoms with Gasteiger partial charge in [0.2, 0.25) is 0 Å². The number of likely N-dealkylation sites (N-methyl/N-ethyl adjacent to an activating group) is 1. The van der Waals surface area contributed by atoms with Gasteiger partial charge in [0.1, 0.15) is 30.1 Å². The van der Waals surface area contributed by atoms with E-state index in [0.717, 1.165) is 0 Å². The maximum absolute atomic E-state index is 15.4. The minimum Gasteiger partial charge on any atom is -0.488 e. The molecule has 11 heteroatoms. The molecule has 8 nitrogen and oxygen atoms in total. The molecule has 3 heterocycles. The summed E-state index contributed by atoms with van der Waals surface area (Å²) in [6.45, 7) is 3.26.